The van der Waals surface area contributed by atoms with Crippen molar-refractivity contribution in [3.8, 4) is 0 Å². The lowest BCUT2D eigenvalue weighted by Crippen LogP contribution is -2.00. The summed E-state index contributed by atoms with van der Waals surface area (Å²) in [5, 5.41) is 0.417. The van der Waals surface area contributed by atoms with Gasteiger partial charge in [-0.1, -0.05) is 13.3 Å². The average Bonchev–Trinajstić information content (AvgIpc) is 2.28. The quantitative estimate of drug-likeness (QED) is 0.857. The van der Waals surface area contributed by atoms with Gasteiger partial charge in [-0.15, -0.1) is 0 Å². The lowest BCUT2D eigenvalue weighted by Gasteiger charge is -2.08. The maximum Gasteiger partial charge on any atom is 0.152 e. The number of pyridine rings is 1. The Morgan fingerprint density at radius 3 is 2.65 bits per heavy atom. The number of nitrogens with two attached hydrogens (primary N) is 1. The minimum Gasteiger partial charge on any atom is -0.383 e. The van der Waals surface area contributed by atoms with E-state index in [4.69, 9.17) is 5.73 Å². The first-order chi connectivity index (χ1) is 8.04. The Kier molecular flexibility index (Phi) is 3.28. The fourth-order valence-electron chi connectivity index (χ4n) is 1.76. The highest BCUT2D eigenvalue weighted by atomic mass is 79.9. The fourth-order valence-corrected chi connectivity index (χ4v) is 2.18. The first-order valence-corrected chi connectivity index (χ1v) is 6.06. The third-order valence-corrected chi connectivity index (χ3v) is 3.39. The van der Waals surface area contributed by atoms with Crippen molar-refractivity contribution in [3.63, 3.8) is 0 Å². The highest BCUT2D eigenvalue weighted by Crippen LogP contribution is 2.30. The summed E-state index contributed by atoms with van der Waals surface area (Å²) in [6.45, 7) is 2.00. The fraction of sp³-hybridized carbons (Fsp3) is 0.250. The number of nitrogen functional groups attached to an aromatic ring is 1. The Morgan fingerprint density at radius 1 is 1.29 bits per heavy atom. The number of rotatable bonds is 2. The second-order valence-corrected chi connectivity index (χ2v) is 4.63. The summed E-state index contributed by atoms with van der Waals surface area (Å²) in [6.07, 6.45) is 1.63. The molecule has 0 atom stereocenters. The van der Waals surface area contributed by atoms with Crippen molar-refractivity contribution < 1.29 is 8.78 Å². The number of benzene rings is 1. The smallest absolute Gasteiger partial charge is 0.152 e. The van der Waals surface area contributed by atoms with Crippen molar-refractivity contribution in [2.45, 2.75) is 19.8 Å². The molecule has 17 heavy (non-hydrogen) atoms. The molecule has 1 aromatic carbocycles. The molecule has 2 rings (SSSR count). The van der Waals surface area contributed by atoms with Gasteiger partial charge in [0.25, 0.3) is 0 Å². The van der Waals surface area contributed by atoms with E-state index < -0.39 is 11.6 Å². The maximum atomic E-state index is 13.5. The molecule has 1 aromatic heterocycles. The molecule has 0 amide bonds. The highest BCUT2D eigenvalue weighted by Gasteiger charge is 2.14. The average molecular weight is 301 g/mol. The first kappa shape index (κ1) is 12.2. The number of nitrogens with zero attached hydrogens (tertiary/aromatic N) is 1. The van der Waals surface area contributed by atoms with Crippen molar-refractivity contribution >= 4 is 32.7 Å². The lowest BCUT2D eigenvalue weighted by molar-refractivity contribution is 0.586. The standard InChI is InChI=1S/C12H11BrF2N2/c1-2-3-6-4-7-10(13)8(14)5-9(15)11(7)17-12(6)16/h4-5H,2-3H2,1H3,(H2,16,17). The number of aryl methyl sites for hydroxylation is 1. The largest absolute Gasteiger partial charge is 0.383 e. The van der Waals surface area contributed by atoms with Crippen LogP contribution in [-0.2, 0) is 6.42 Å². The van der Waals surface area contributed by atoms with Gasteiger partial charge in [-0.2, -0.15) is 0 Å². The zero-order chi connectivity index (χ0) is 12.6. The molecule has 2 nitrogen and oxygen atoms in total. The minimum absolute atomic E-state index is 0.0932. The summed E-state index contributed by atoms with van der Waals surface area (Å²) in [4.78, 5) is 4.00. The zero-order valence-corrected chi connectivity index (χ0v) is 10.8. The summed E-state index contributed by atoms with van der Waals surface area (Å²) in [5.74, 6) is -1.03. The van der Waals surface area contributed by atoms with Crippen LogP contribution >= 0.6 is 15.9 Å². The maximum absolute atomic E-state index is 13.5. The second-order valence-electron chi connectivity index (χ2n) is 3.83. The van der Waals surface area contributed by atoms with Crippen LogP contribution in [0.4, 0.5) is 14.6 Å². The molecule has 0 saturated heterocycles. The number of aromatic nitrogens is 1. The summed E-state index contributed by atoms with van der Waals surface area (Å²) in [7, 11) is 0. The molecule has 0 radical (unpaired) electrons. The Bertz CT molecular complexity index is 584. The molecule has 90 valence electrons. The van der Waals surface area contributed by atoms with Crippen LogP contribution in [0.3, 0.4) is 0 Å². The summed E-state index contributed by atoms with van der Waals surface area (Å²) >= 11 is 3.10. The van der Waals surface area contributed by atoms with Crippen molar-refractivity contribution in [1.82, 2.24) is 4.98 Å². The molecule has 0 saturated carbocycles. The van der Waals surface area contributed by atoms with Gasteiger partial charge in [0.05, 0.1) is 4.47 Å². The normalized spacial score (nSPS) is 11.1. The monoisotopic (exact) mass is 300 g/mol. The van der Waals surface area contributed by atoms with Crippen molar-refractivity contribution in [3.05, 3.63) is 33.8 Å². The Balaban J connectivity index is 2.79. The number of fused-ring (bicyclic) bond motifs is 1. The molecule has 2 aromatic rings. The van der Waals surface area contributed by atoms with Crippen LogP contribution in [0.15, 0.2) is 16.6 Å². The minimum atomic E-state index is -0.699. The van der Waals surface area contributed by atoms with Gasteiger partial charge in [-0.25, -0.2) is 13.8 Å². The van der Waals surface area contributed by atoms with Gasteiger partial charge >= 0.3 is 0 Å². The van der Waals surface area contributed by atoms with Crippen LogP contribution in [0.2, 0.25) is 0 Å². The van der Waals surface area contributed by atoms with Crippen LogP contribution in [0.1, 0.15) is 18.9 Å². The second kappa shape index (κ2) is 4.56. The van der Waals surface area contributed by atoms with E-state index in [1.807, 2.05) is 6.92 Å². The summed E-state index contributed by atoms with van der Waals surface area (Å²) in [5.41, 5.74) is 6.65. The van der Waals surface area contributed by atoms with Crippen LogP contribution in [0.25, 0.3) is 10.9 Å². The molecule has 0 spiro atoms. The molecule has 0 aliphatic rings. The molecular weight excluding hydrogens is 290 g/mol. The van der Waals surface area contributed by atoms with E-state index in [0.29, 0.717) is 11.2 Å². The molecule has 0 aliphatic carbocycles. The third-order valence-electron chi connectivity index (χ3n) is 2.58. The van der Waals surface area contributed by atoms with E-state index in [0.717, 1.165) is 24.5 Å². The van der Waals surface area contributed by atoms with Crippen LogP contribution in [-0.4, -0.2) is 4.98 Å². The van der Waals surface area contributed by atoms with Crippen molar-refractivity contribution in [2.24, 2.45) is 0 Å². The number of hydrogen-bond acceptors (Lipinski definition) is 2. The van der Waals surface area contributed by atoms with Crippen LogP contribution in [0, 0.1) is 11.6 Å². The van der Waals surface area contributed by atoms with Gasteiger partial charge in [0.2, 0.25) is 0 Å². The first-order valence-electron chi connectivity index (χ1n) is 5.27. The molecular formula is C12H11BrF2N2. The SMILES string of the molecule is CCCc1cc2c(Br)c(F)cc(F)c2nc1N. The van der Waals surface area contributed by atoms with Crippen molar-refractivity contribution in [2.75, 3.05) is 5.73 Å². The van der Waals surface area contributed by atoms with E-state index in [1.165, 1.54) is 0 Å². The molecule has 0 fully saturated rings. The van der Waals surface area contributed by atoms with Gasteiger partial charge in [0, 0.05) is 11.5 Å². The molecule has 2 N–H and O–H groups in total. The number of hydrogen-bond donors (Lipinski definition) is 1. The van der Waals surface area contributed by atoms with Crippen LogP contribution < -0.4 is 5.73 Å². The predicted molar refractivity (Wildman–Crippen MR) is 67.8 cm³/mol. The molecule has 0 unspecified atom stereocenters. The number of anilines is 1. The Hall–Kier alpha value is -1.23. The molecule has 1 heterocycles. The number of halogens is 3. The molecule has 5 heteroatoms. The predicted octanol–water partition coefficient (Wildman–Crippen LogP) is 3.81. The van der Waals surface area contributed by atoms with Gasteiger partial charge in [0.1, 0.15) is 17.2 Å². The van der Waals surface area contributed by atoms with Gasteiger partial charge < -0.3 is 5.73 Å². The third kappa shape index (κ3) is 2.11. The Morgan fingerprint density at radius 2 is 2.00 bits per heavy atom. The van der Waals surface area contributed by atoms with Crippen molar-refractivity contribution in [1.29, 1.82) is 0 Å². The van der Waals surface area contributed by atoms with Gasteiger partial charge in [-0.05, 0) is 34.0 Å². The molecule has 0 aliphatic heterocycles. The Labute approximate surface area is 106 Å². The lowest BCUT2D eigenvalue weighted by atomic mass is 10.1. The van der Waals surface area contributed by atoms with E-state index in [-0.39, 0.29) is 9.99 Å². The van der Waals surface area contributed by atoms with E-state index >= 15 is 0 Å². The van der Waals surface area contributed by atoms with Gasteiger partial charge in [0.15, 0.2) is 5.82 Å². The highest BCUT2D eigenvalue weighted by molar-refractivity contribution is 9.10. The summed E-state index contributed by atoms with van der Waals surface area (Å²) in [6, 6.07) is 2.50. The van der Waals surface area contributed by atoms with E-state index in [1.54, 1.807) is 6.07 Å². The zero-order valence-electron chi connectivity index (χ0n) is 9.23. The van der Waals surface area contributed by atoms with E-state index in [9.17, 15) is 8.78 Å². The van der Waals surface area contributed by atoms with Crippen LogP contribution in [0.5, 0.6) is 0 Å². The summed E-state index contributed by atoms with van der Waals surface area (Å²) < 4.78 is 27.1. The topological polar surface area (TPSA) is 38.9 Å². The van der Waals surface area contributed by atoms with Gasteiger partial charge in [-0.3, -0.25) is 0 Å². The van der Waals surface area contributed by atoms with E-state index in [2.05, 4.69) is 20.9 Å². The molecule has 0 bridgehead atoms.